The highest BCUT2D eigenvalue weighted by atomic mass is 35.5. The Balaban J connectivity index is 1.33. The number of rotatable bonds is 5. The van der Waals surface area contributed by atoms with E-state index in [1.54, 1.807) is 49.5 Å². The molecule has 4 aromatic rings. The molecule has 33 heavy (non-hydrogen) atoms. The minimum atomic E-state index is -0.810. The van der Waals surface area contributed by atoms with E-state index in [9.17, 15) is 14.3 Å². The van der Waals surface area contributed by atoms with Gasteiger partial charge in [-0.3, -0.25) is 4.79 Å². The Labute approximate surface area is 194 Å². The van der Waals surface area contributed by atoms with Crippen molar-refractivity contribution >= 4 is 28.6 Å². The minimum Gasteiger partial charge on any atom is -0.481 e. The van der Waals surface area contributed by atoms with E-state index in [0.717, 1.165) is 11.1 Å². The number of aliphatic carboxylic acids is 1. The number of ether oxygens (including phenoxy) is 1. The Bertz CT molecular complexity index is 1370. The summed E-state index contributed by atoms with van der Waals surface area (Å²) in [5, 5.41) is 9.94. The van der Waals surface area contributed by atoms with Gasteiger partial charge in [0.2, 0.25) is 5.88 Å². The summed E-state index contributed by atoms with van der Waals surface area (Å²) in [6, 6.07) is 13.7. The summed E-state index contributed by atoms with van der Waals surface area (Å²) < 4.78 is 20.8. The van der Waals surface area contributed by atoms with Crippen LogP contribution in [0.4, 0.5) is 4.39 Å². The number of aromatic nitrogens is 3. The molecule has 0 aliphatic heterocycles. The van der Waals surface area contributed by atoms with Crippen LogP contribution in [0.1, 0.15) is 20.3 Å². The number of carbonyl (C=O) groups is 1. The summed E-state index contributed by atoms with van der Waals surface area (Å²) in [5.74, 6) is -0.487. The first-order chi connectivity index (χ1) is 15.7. The highest BCUT2D eigenvalue weighted by Gasteiger charge is 2.54. The summed E-state index contributed by atoms with van der Waals surface area (Å²) in [4.78, 5) is 23.3. The number of H-pyrrole nitrogens is 1. The quantitative estimate of drug-likeness (QED) is 0.379. The number of nitrogens with zero attached hydrogens (tertiary/aromatic N) is 2. The van der Waals surface area contributed by atoms with Crippen LogP contribution >= 0.6 is 11.6 Å². The van der Waals surface area contributed by atoms with Crippen LogP contribution in [0.3, 0.4) is 0 Å². The van der Waals surface area contributed by atoms with E-state index < -0.39 is 17.2 Å². The molecule has 8 heteroatoms. The van der Waals surface area contributed by atoms with Crippen LogP contribution in [0, 0.1) is 17.2 Å². The molecule has 2 aromatic carbocycles. The molecular formula is C25H21ClFN3O3. The number of nitrogens with one attached hydrogen (secondary N) is 1. The number of halogens is 2. The molecule has 0 saturated heterocycles. The molecule has 0 spiro atoms. The second-order valence-corrected chi connectivity index (χ2v) is 9.13. The van der Waals surface area contributed by atoms with Crippen molar-refractivity contribution in [3.8, 4) is 28.4 Å². The summed E-state index contributed by atoms with van der Waals surface area (Å²) in [7, 11) is 0. The lowest BCUT2D eigenvalue weighted by Crippen LogP contribution is -2.55. The zero-order chi connectivity index (χ0) is 23.3. The van der Waals surface area contributed by atoms with Crippen molar-refractivity contribution in [2.45, 2.75) is 26.4 Å². The van der Waals surface area contributed by atoms with Gasteiger partial charge in [-0.2, -0.15) is 0 Å². The van der Waals surface area contributed by atoms with Gasteiger partial charge in [-0.15, -0.1) is 0 Å². The third-order valence-electron chi connectivity index (χ3n) is 6.69. The highest BCUT2D eigenvalue weighted by molar-refractivity contribution is 6.31. The smallest absolute Gasteiger partial charge is 0.309 e. The van der Waals surface area contributed by atoms with Crippen LogP contribution in [-0.2, 0) is 4.79 Å². The lowest BCUT2D eigenvalue weighted by molar-refractivity contribution is -0.169. The molecule has 168 valence electrons. The van der Waals surface area contributed by atoms with Crippen molar-refractivity contribution in [1.29, 1.82) is 0 Å². The molecule has 1 saturated carbocycles. The molecule has 2 heterocycles. The third-order valence-corrected chi connectivity index (χ3v) is 6.92. The number of benzene rings is 2. The Morgan fingerprint density at radius 1 is 1.21 bits per heavy atom. The molecule has 3 unspecified atom stereocenters. The van der Waals surface area contributed by atoms with Gasteiger partial charge in [0, 0.05) is 35.2 Å². The van der Waals surface area contributed by atoms with Crippen LogP contribution in [0.5, 0.6) is 5.88 Å². The van der Waals surface area contributed by atoms with Gasteiger partial charge < -0.3 is 14.8 Å². The largest absolute Gasteiger partial charge is 0.481 e. The fourth-order valence-corrected chi connectivity index (χ4v) is 4.40. The monoisotopic (exact) mass is 465 g/mol. The van der Waals surface area contributed by atoms with Gasteiger partial charge in [-0.25, -0.2) is 14.4 Å². The molecule has 1 aliphatic rings. The predicted octanol–water partition coefficient (Wildman–Crippen LogP) is 5.96. The fourth-order valence-electron chi connectivity index (χ4n) is 4.23. The van der Waals surface area contributed by atoms with Gasteiger partial charge in [0.25, 0.3) is 0 Å². The second kappa shape index (κ2) is 7.85. The predicted molar refractivity (Wildman–Crippen MR) is 124 cm³/mol. The van der Waals surface area contributed by atoms with E-state index in [2.05, 4.69) is 15.0 Å². The summed E-state index contributed by atoms with van der Waals surface area (Å²) in [5.41, 5.74) is 2.45. The molecule has 1 fully saturated rings. The van der Waals surface area contributed by atoms with Crippen molar-refractivity contribution in [2.24, 2.45) is 11.3 Å². The van der Waals surface area contributed by atoms with Gasteiger partial charge in [-0.1, -0.05) is 24.6 Å². The Morgan fingerprint density at radius 2 is 2.00 bits per heavy atom. The number of hydrogen-bond donors (Lipinski definition) is 2. The van der Waals surface area contributed by atoms with Gasteiger partial charge in [0.1, 0.15) is 17.7 Å². The van der Waals surface area contributed by atoms with E-state index >= 15 is 0 Å². The summed E-state index contributed by atoms with van der Waals surface area (Å²) in [6.45, 7) is 3.60. The lowest BCUT2D eigenvalue weighted by atomic mass is 9.60. The number of carboxylic acids is 1. The van der Waals surface area contributed by atoms with Crippen molar-refractivity contribution in [1.82, 2.24) is 15.0 Å². The SMILES string of the molecule is CC1C(Oc2ccc(-c3ccc(-c4nc5ccc(Cl)cc5[nH]4)c(F)c3)cn2)CC1(C)C(=O)O. The summed E-state index contributed by atoms with van der Waals surface area (Å²) in [6.07, 6.45) is 1.86. The van der Waals surface area contributed by atoms with Crippen LogP contribution in [0.2, 0.25) is 5.02 Å². The van der Waals surface area contributed by atoms with E-state index in [-0.39, 0.29) is 12.0 Å². The van der Waals surface area contributed by atoms with Crippen LogP contribution in [0.15, 0.2) is 54.7 Å². The lowest BCUT2D eigenvalue weighted by Gasteiger charge is -2.47. The standard InChI is InChI=1S/C25H21ClFN3O3/c1-13-21(11-25(13,2)24(31)32)33-22-8-4-15(12-28-22)14-3-6-17(18(27)9-14)23-29-19-7-5-16(26)10-20(19)30-23/h3-10,12-13,21H,11H2,1-2H3,(H,29,30)(H,31,32). The molecule has 6 nitrogen and oxygen atoms in total. The first kappa shape index (κ1) is 21.4. The third kappa shape index (κ3) is 3.72. The Morgan fingerprint density at radius 3 is 2.67 bits per heavy atom. The molecule has 3 atom stereocenters. The average molecular weight is 466 g/mol. The first-order valence-electron chi connectivity index (χ1n) is 10.6. The van der Waals surface area contributed by atoms with Crippen LogP contribution in [-0.4, -0.2) is 32.1 Å². The zero-order valence-corrected chi connectivity index (χ0v) is 18.7. The second-order valence-electron chi connectivity index (χ2n) is 8.70. The molecular weight excluding hydrogens is 445 g/mol. The molecule has 1 aliphatic carbocycles. The molecule has 0 radical (unpaired) electrons. The number of fused-ring (bicyclic) bond motifs is 1. The number of hydrogen-bond acceptors (Lipinski definition) is 4. The summed E-state index contributed by atoms with van der Waals surface area (Å²) >= 11 is 6.02. The van der Waals surface area contributed by atoms with E-state index in [4.69, 9.17) is 16.3 Å². The number of carboxylic acid groups (broad SMARTS) is 1. The molecule has 0 amide bonds. The molecule has 0 bridgehead atoms. The Kier molecular flexibility index (Phi) is 5.09. The Hall–Kier alpha value is -3.45. The van der Waals surface area contributed by atoms with Crippen molar-refractivity contribution < 1.29 is 19.0 Å². The zero-order valence-electron chi connectivity index (χ0n) is 18.0. The van der Waals surface area contributed by atoms with Gasteiger partial charge >= 0.3 is 5.97 Å². The van der Waals surface area contributed by atoms with Crippen molar-refractivity contribution in [2.75, 3.05) is 0 Å². The maximum Gasteiger partial charge on any atom is 0.309 e. The van der Waals surface area contributed by atoms with E-state index in [1.807, 2.05) is 13.0 Å². The first-order valence-corrected chi connectivity index (χ1v) is 10.9. The van der Waals surface area contributed by atoms with Gasteiger partial charge in [-0.05, 0) is 48.9 Å². The van der Waals surface area contributed by atoms with Gasteiger partial charge in [0.05, 0.1) is 22.0 Å². The van der Waals surface area contributed by atoms with Gasteiger partial charge in [0.15, 0.2) is 0 Å². The topological polar surface area (TPSA) is 88.1 Å². The highest BCUT2D eigenvalue weighted by Crippen LogP contribution is 2.48. The maximum absolute atomic E-state index is 14.9. The van der Waals surface area contributed by atoms with Crippen LogP contribution < -0.4 is 4.74 Å². The number of aromatic amines is 1. The fraction of sp³-hybridized carbons (Fsp3) is 0.240. The van der Waals surface area contributed by atoms with E-state index in [1.165, 1.54) is 6.07 Å². The van der Waals surface area contributed by atoms with Crippen LogP contribution in [0.25, 0.3) is 33.5 Å². The number of imidazole rings is 1. The van der Waals surface area contributed by atoms with Crippen molar-refractivity contribution in [3.63, 3.8) is 0 Å². The number of pyridine rings is 1. The molecule has 5 rings (SSSR count). The minimum absolute atomic E-state index is 0.118. The molecule has 2 N–H and O–H groups in total. The normalized spacial score (nSPS) is 22.2. The maximum atomic E-state index is 14.9. The van der Waals surface area contributed by atoms with E-state index in [0.29, 0.717) is 39.8 Å². The molecule has 2 aromatic heterocycles. The van der Waals surface area contributed by atoms with Crippen molar-refractivity contribution in [3.05, 3.63) is 65.6 Å². The average Bonchev–Trinajstić information content (AvgIpc) is 3.21.